The number of alkyl halides is 6. The summed E-state index contributed by atoms with van der Waals surface area (Å²) in [6.45, 7) is 5.67. The van der Waals surface area contributed by atoms with Gasteiger partial charge in [-0.1, -0.05) is 72.1 Å². The van der Waals surface area contributed by atoms with Crippen molar-refractivity contribution in [3.8, 4) is 0 Å². The van der Waals surface area contributed by atoms with Crippen LogP contribution in [0.1, 0.15) is 97.8 Å². The van der Waals surface area contributed by atoms with Crippen LogP contribution >= 0.6 is 0 Å². The maximum Gasteiger partial charge on any atom is 0.426 e. The largest absolute Gasteiger partial charge is 0.426 e. The zero-order valence-corrected chi connectivity index (χ0v) is 19.3. The van der Waals surface area contributed by atoms with Gasteiger partial charge in [0.25, 0.3) is 5.60 Å². The Hall–Kier alpha value is -0.460. The molecule has 2 saturated carbocycles. The van der Waals surface area contributed by atoms with Crippen molar-refractivity contribution in [1.29, 1.82) is 0 Å². The predicted molar refractivity (Wildman–Crippen MR) is 111 cm³/mol. The molecular weight excluding hydrogens is 418 g/mol. The monoisotopic (exact) mass is 458 g/mol. The molecule has 0 heterocycles. The zero-order valence-electron chi connectivity index (χ0n) is 19.3. The summed E-state index contributed by atoms with van der Waals surface area (Å²) < 4.78 is 88.0. The summed E-state index contributed by atoms with van der Waals surface area (Å²) in [6.07, 6.45) is -2.37. The van der Waals surface area contributed by atoms with Gasteiger partial charge < -0.3 is 4.74 Å². The van der Waals surface area contributed by atoms with Crippen molar-refractivity contribution in [3.05, 3.63) is 0 Å². The Morgan fingerprint density at radius 3 is 1.68 bits per heavy atom. The number of fused-ring (bicyclic) bond motifs is 2. The molecular formula is C24H40F6O. The standard InChI is InChI=1S/C24H40F6O/c1-4-5-6-7-8-9-10-11-12-13-31-22(23(25,26)27,24(28,29)30)16-20-14-19-15-21(20)18(3)17(19)2/h17-21H,4-16H2,1-3H3. The third-order valence-corrected chi connectivity index (χ3v) is 8.10. The Kier molecular flexibility index (Phi) is 9.60. The van der Waals surface area contributed by atoms with Gasteiger partial charge in [0.05, 0.1) is 0 Å². The summed E-state index contributed by atoms with van der Waals surface area (Å²) in [4.78, 5) is 0. The average Bonchev–Trinajstić information content (AvgIpc) is 3.19. The molecule has 0 N–H and O–H groups in total. The normalized spacial score (nSPS) is 29.1. The summed E-state index contributed by atoms with van der Waals surface area (Å²) in [5.74, 6) is 0.125. The zero-order chi connectivity index (χ0) is 23.3. The smallest absolute Gasteiger partial charge is 0.358 e. The maximum absolute atomic E-state index is 13.9. The van der Waals surface area contributed by atoms with Crippen molar-refractivity contribution < 1.29 is 31.1 Å². The van der Waals surface area contributed by atoms with Crippen LogP contribution < -0.4 is 0 Å². The van der Waals surface area contributed by atoms with E-state index in [0.717, 1.165) is 38.5 Å². The lowest BCUT2D eigenvalue weighted by atomic mass is 9.71. The second-order valence-electron chi connectivity index (χ2n) is 10.1. The summed E-state index contributed by atoms with van der Waals surface area (Å²) in [6, 6.07) is 0. The Morgan fingerprint density at radius 1 is 0.710 bits per heavy atom. The van der Waals surface area contributed by atoms with Crippen LogP contribution in [-0.4, -0.2) is 24.6 Å². The number of unbranched alkanes of at least 4 members (excludes halogenated alkanes) is 8. The van der Waals surface area contributed by atoms with Crippen molar-refractivity contribution in [2.24, 2.45) is 29.6 Å². The molecule has 2 bridgehead atoms. The van der Waals surface area contributed by atoms with Gasteiger partial charge in [-0.25, -0.2) is 0 Å². The summed E-state index contributed by atoms with van der Waals surface area (Å²) >= 11 is 0. The minimum absolute atomic E-state index is 0.0691. The van der Waals surface area contributed by atoms with Gasteiger partial charge in [-0.2, -0.15) is 26.3 Å². The van der Waals surface area contributed by atoms with Gasteiger partial charge in [0.1, 0.15) is 0 Å². The third-order valence-electron chi connectivity index (χ3n) is 8.10. The van der Waals surface area contributed by atoms with E-state index in [4.69, 9.17) is 4.74 Å². The maximum atomic E-state index is 13.9. The van der Waals surface area contributed by atoms with E-state index in [1.807, 2.05) is 6.92 Å². The third kappa shape index (κ3) is 6.32. The van der Waals surface area contributed by atoms with Crippen LogP contribution in [0, 0.1) is 29.6 Å². The van der Waals surface area contributed by atoms with E-state index in [0.29, 0.717) is 18.8 Å². The lowest BCUT2D eigenvalue weighted by Crippen LogP contribution is -2.60. The molecule has 0 radical (unpaired) electrons. The highest BCUT2D eigenvalue weighted by molar-refractivity contribution is 5.04. The molecule has 2 rings (SSSR count). The quantitative estimate of drug-likeness (QED) is 0.198. The van der Waals surface area contributed by atoms with Gasteiger partial charge >= 0.3 is 12.4 Å². The van der Waals surface area contributed by atoms with Gasteiger partial charge in [0, 0.05) is 6.61 Å². The molecule has 0 aromatic heterocycles. The first-order valence-electron chi connectivity index (χ1n) is 12.2. The first-order chi connectivity index (χ1) is 14.4. The SMILES string of the molecule is CCCCCCCCCCCOC(CC1CC2CC1C(C)C2C)(C(F)(F)F)C(F)(F)F. The summed E-state index contributed by atoms with van der Waals surface area (Å²) in [7, 11) is 0. The van der Waals surface area contributed by atoms with Gasteiger partial charge in [-0.15, -0.1) is 0 Å². The summed E-state index contributed by atoms with van der Waals surface area (Å²) in [5, 5.41) is 0. The van der Waals surface area contributed by atoms with Crippen molar-refractivity contribution >= 4 is 0 Å². The molecule has 2 aliphatic carbocycles. The predicted octanol–water partition coefficient (Wildman–Crippen LogP) is 8.72. The molecule has 184 valence electrons. The number of hydrogen-bond acceptors (Lipinski definition) is 1. The van der Waals surface area contributed by atoms with Crippen molar-refractivity contribution in [2.75, 3.05) is 6.61 Å². The van der Waals surface area contributed by atoms with Crippen LogP contribution in [0.2, 0.25) is 0 Å². The van der Waals surface area contributed by atoms with Crippen LogP contribution in [0.25, 0.3) is 0 Å². The average molecular weight is 459 g/mol. The Balaban J connectivity index is 1.91. The molecule has 2 aliphatic rings. The fourth-order valence-electron chi connectivity index (χ4n) is 5.97. The number of hydrogen-bond donors (Lipinski definition) is 0. The van der Waals surface area contributed by atoms with E-state index in [1.165, 1.54) is 12.8 Å². The highest BCUT2D eigenvalue weighted by atomic mass is 19.4. The Labute approximate surface area is 183 Å². The van der Waals surface area contributed by atoms with Crippen LogP contribution in [0.15, 0.2) is 0 Å². The fourth-order valence-corrected chi connectivity index (χ4v) is 5.97. The topological polar surface area (TPSA) is 9.23 Å². The van der Waals surface area contributed by atoms with E-state index >= 15 is 0 Å². The van der Waals surface area contributed by atoms with E-state index < -0.39 is 36.9 Å². The van der Waals surface area contributed by atoms with Gasteiger partial charge in [0.2, 0.25) is 0 Å². The molecule has 7 heteroatoms. The van der Waals surface area contributed by atoms with E-state index in [2.05, 4.69) is 13.8 Å². The van der Waals surface area contributed by atoms with Crippen LogP contribution in [0.3, 0.4) is 0 Å². The summed E-state index contributed by atoms with van der Waals surface area (Å²) in [5.41, 5.74) is -4.04. The molecule has 1 nitrogen and oxygen atoms in total. The molecule has 5 unspecified atom stereocenters. The van der Waals surface area contributed by atoms with E-state index in [1.54, 1.807) is 0 Å². The molecule has 0 aromatic carbocycles. The number of ether oxygens (including phenoxy) is 1. The van der Waals surface area contributed by atoms with Crippen LogP contribution in [0.5, 0.6) is 0 Å². The first kappa shape index (κ1) is 26.8. The lowest BCUT2D eigenvalue weighted by Gasteiger charge is -2.42. The van der Waals surface area contributed by atoms with E-state index in [9.17, 15) is 26.3 Å². The molecule has 2 fully saturated rings. The lowest BCUT2D eigenvalue weighted by molar-refractivity contribution is -0.386. The minimum Gasteiger partial charge on any atom is -0.358 e. The molecule has 5 atom stereocenters. The molecule has 0 saturated heterocycles. The second-order valence-corrected chi connectivity index (χ2v) is 10.1. The van der Waals surface area contributed by atoms with Crippen molar-refractivity contribution in [1.82, 2.24) is 0 Å². The first-order valence-corrected chi connectivity index (χ1v) is 12.2. The molecule has 31 heavy (non-hydrogen) atoms. The molecule has 0 spiro atoms. The van der Waals surface area contributed by atoms with Crippen LogP contribution in [0.4, 0.5) is 26.3 Å². The van der Waals surface area contributed by atoms with Crippen molar-refractivity contribution in [2.45, 2.75) is 116 Å². The molecule has 0 aliphatic heterocycles. The fraction of sp³-hybridized carbons (Fsp3) is 1.00. The second kappa shape index (κ2) is 11.1. The molecule has 0 aromatic rings. The van der Waals surface area contributed by atoms with Crippen molar-refractivity contribution in [3.63, 3.8) is 0 Å². The van der Waals surface area contributed by atoms with Gasteiger partial charge in [-0.3, -0.25) is 0 Å². The highest BCUT2D eigenvalue weighted by Gasteiger charge is 2.73. The molecule has 0 amide bonds. The van der Waals surface area contributed by atoms with Gasteiger partial charge in [0.15, 0.2) is 0 Å². The minimum atomic E-state index is -5.47. The number of rotatable bonds is 13. The van der Waals surface area contributed by atoms with Gasteiger partial charge in [-0.05, 0) is 55.3 Å². The highest BCUT2D eigenvalue weighted by Crippen LogP contribution is 2.60. The Bertz CT molecular complexity index is 513. The van der Waals surface area contributed by atoms with E-state index in [-0.39, 0.29) is 24.2 Å². The Morgan fingerprint density at radius 2 is 1.23 bits per heavy atom. The number of halogens is 6. The van der Waals surface area contributed by atoms with Crippen LogP contribution in [-0.2, 0) is 4.74 Å².